The Balaban J connectivity index is 2.42. The fourth-order valence-corrected chi connectivity index (χ4v) is 2.80. The number of hydrogen-bond donors (Lipinski definition) is 2. The summed E-state index contributed by atoms with van der Waals surface area (Å²) in [5.41, 5.74) is 2.23. The van der Waals surface area contributed by atoms with Gasteiger partial charge in [-0.25, -0.2) is 4.79 Å². The van der Waals surface area contributed by atoms with Crippen LogP contribution in [-0.4, -0.2) is 39.1 Å². The van der Waals surface area contributed by atoms with E-state index in [1.54, 1.807) is 11.8 Å². The van der Waals surface area contributed by atoms with Crippen molar-refractivity contribution in [1.82, 2.24) is 15.1 Å². The van der Waals surface area contributed by atoms with Gasteiger partial charge in [-0.1, -0.05) is 6.92 Å². The molecule has 0 aliphatic carbocycles. The molecular weight excluding hydrogens is 278 g/mol. The smallest absolute Gasteiger partial charge is 0.326 e. The van der Waals surface area contributed by atoms with Crippen molar-refractivity contribution in [2.75, 3.05) is 5.75 Å². The third-order valence-electron chi connectivity index (χ3n) is 2.94. The minimum Gasteiger partial charge on any atom is -0.480 e. The van der Waals surface area contributed by atoms with E-state index in [4.69, 9.17) is 5.11 Å². The van der Waals surface area contributed by atoms with Gasteiger partial charge in [-0.05, 0) is 31.6 Å². The van der Waals surface area contributed by atoms with Gasteiger partial charge in [-0.2, -0.15) is 16.9 Å². The third-order valence-corrected chi connectivity index (χ3v) is 3.97. The average Bonchev–Trinajstić information content (AvgIpc) is 2.84. The molecule has 1 unspecified atom stereocenters. The number of thioether (sulfide) groups is 1. The number of amides is 1. The maximum absolute atomic E-state index is 10.9. The zero-order valence-electron chi connectivity index (χ0n) is 11.8. The van der Waals surface area contributed by atoms with Crippen LogP contribution in [0.5, 0.6) is 0 Å². The highest BCUT2D eigenvalue weighted by atomic mass is 32.2. The zero-order valence-corrected chi connectivity index (χ0v) is 12.7. The Morgan fingerprint density at radius 3 is 2.90 bits per heavy atom. The SMILES string of the molecule is CCc1cc(CSCCC(NC=O)C(=O)O)n(CC)n1. The van der Waals surface area contributed by atoms with E-state index in [1.165, 1.54) is 0 Å². The minimum atomic E-state index is -0.996. The van der Waals surface area contributed by atoms with Crippen molar-refractivity contribution in [3.8, 4) is 0 Å². The molecule has 0 bridgehead atoms. The van der Waals surface area contributed by atoms with Crippen LogP contribution in [0.2, 0.25) is 0 Å². The van der Waals surface area contributed by atoms with Crippen LogP contribution in [0.3, 0.4) is 0 Å². The summed E-state index contributed by atoms with van der Waals surface area (Å²) in [7, 11) is 0. The van der Waals surface area contributed by atoms with Gasteiger partial charge < -0.3 is 10.4 Å². The Labute approximate surface area is 122 Å². The highest BCUT2D eigenvalue weighted by molar-refractivity contribution is 7.98. The van der Waals surface area contributed by atoms with Gasteiger partial charge in [0.2, 0.25) is 6.41 Å². The first-order valence-corrected chi connectivity index (χ1v) is 7.83. The molecule has 1 rings (SSSR count). The summed E-state index contributed by atoms with van der Waals surface area (Å²) >= 11 is 1.65. The van der Waals surface area contributed by atoms with Crippen molar-refractivity contribution >= 4 is 24.1 Å². The summed E-state index contributed by atoms with van der Waals surface area (Å²) in [6, 6.07) is 1.29. The third kappa shape index (κ3) is 4.88. The van der Waals surface area contributed by atoms with Crippen molar-refractivity contribution in [2.24, 2.45) is 0 Å². The molecule has 0 fully saturated rings. The van der Waals surface area contributed by atoms with Gasteiger partial charge in [0, 0.05) is 18.0 Å². The predicted molar refractivity (Wildman–Crippen MR) is 78.7 cm³/mol. The van der Waals surface area contributed by atoms with Gasteiger partial charge in [0.15, 0.2) is 0 Å². The topological polar surface area (TPSA) is 84.2 Å². The number of nitrogens with one attached hydrogen (secondary N) is 1. The van der Waals surface area contributed by atoms with Gasteiger partial charge in [-0.15, -0.1) is 0 Å². The standard InChI is InChI=1S/C13H21N3O3S/c1-3-10-7-11(16(4-2)15-10)8-20-6-5-12(13(18)19)14-9-17/h7,9,12H,3-6,8H2,1-2H3,(H,14,17)(H,18,19). The van der Waals surface area contributed by atoms with Crippen LogP contribution in [0.15, 0.2) is 6.07 Å². The summed E-state index contributed by atoms with van der Waals surface area (Å²) in [4.78, 5) is 21.2. The largest absolute Gasteiger partial charge is 0.480 e. The summed E-state index contributed by atoms with van der Waals surface area (Å²) in [5, 5.41) is 15.7. The lowest BCUT2D eigenvalue weighted by molar-refractivity contribution is -0.140. The minimum absolute atomic E-state index is 0.416. The van der Waals surface area contributed by atoms with Crippen LogP contribution in [-0.2, 0) is 28.3 Å². The lowest BCUT2D eigenvalue weighted by Gasteiger charge is -2.10. The molecule has 1 heterocycles. The fraction of sp³-hybridized carbons (Fsp3) is 0.615. The van der Waals surface area contributed by atoms with Gasteiger partial charge in [0.05, 0.1) is 5.69 Å². The number of nitrogens with zero attached hydrogens (tertiary/aromatic N) is 2. The van der Waals surface area contributed by atoms with Crippen molar-refractivity contribution < 1.29 is 14.7 Å². The second kappa shape index (κ2) is 8.63. The predicted octanol–water partition coefficient (Wildman–Crippen LogP) is 1.29. The van der Waals surface area contributed by atoms with Gasteiger partial charge in [0.25, 0.3) is 0 Å². The molecule has 0 saturated carbocycles. The number of carbonyl (C=O) groups excluding carboxylic acids is 1. The molecule has 112 valence electrons. The van der Waals surface area contributed by atoms with Crippen molar-refractivity contribution in [3.05, 3.63) is 17.5 Å². The van der Waals surface area contributed by atoms with Gasteiger partial charge in [0.1, 0.15) is 6.04 Å². The van der Waals surface area contributed by atoms with Crippen molar-refractivity contribution in [3.63, 3.8) is 0 Å². The molecule has 0 radical (unpaired) electrons. The first kappa shape index (κ1) is 16.6. The number of aliphatic carboxylic acids is 1. The van der Waals surface area contributed by atoms with E-state index in [0.29, 0.717) is 18.6 Å². The van der Waals surface area contributed by atoms with E-state index in [-0.39, 0.29) is 0 Å². The Bertz CT molecular complexity index is 448. The second-order valence-electron chi connectivity index (χ2n) is 4.31. The van der Waals surface area contributed by atoms with Gasteiger partial charge >= 0.3 is 5.97 Å². The van der Waals surface area contributed by atoms with E-state index in [0.717, 1.165) is 30.1 Å². The Hall–Kier alpha value is -1.50. The average molecular weight is 299 g/mol. The Morgan fingerprint density at radius 1 is 1.60 bits per heavy atom. The van der Waals surface area contributed by atoms with Crippen LogP contribution in [0.25, 0.3) is 0 Å². The Morgan fingerprint density at radius 2 is 2.35 bits per heavy atom. The van der Waals surface area contributed by atoms with Crippen LogP contribution in [0, 0.1) is 0 Å². The van der Waals surface area contributed by atoms with Crippen molar-refractivity contribution in [2.45, 2.75) is 45.0 Å². The first-order chi connectivity index (χ1) is 9.62. The summed E-state index contributed by atoms with van der Waals surface area (Å²) in [6.07, 6.45) is 1.76. The van der Waals surface area contributed by atoms with Crippen molar-refractivity contribution in [1.29, 1.82) is 0 Å². The van der Waals surface area contributed by atoms with Crippen LogP contribution >= 0.6 is 11.8 Å². The fourth-order valence-electron chi connectivity index (χ4n) is 1.82. The monoisotopic (exact) mass is 299 g/mol. The number of carboxylic acids is 1. The second-order valence-corrected chi connectivity index (χ2v) is 5.42. The van der Waals surface area contributed by atoms with Crippen LogP contribution in [0.1, 0.15) is 31.7 Å². The molecule has 0 aliphatic heterocycles. The van der Waals surface area contributed by atoms with Crippen LogP contribution < -0.4 is 5.32 Å². The molecule has 20 heavy (non-hydrogen) atoms. The molecule has 0 spiro atoms. The summed E-state index contributed by atoms with van der Waals surface area (Å²) in [5.74, 6) is 0.479. The molecule has 2 N–H and O–H groups in total. The lowest BCUT2D eigenvalue weighted by atomic mass is 10.2. The molecule has 7 heteroatoms. The Kier molecular flexibility index (Phi) is 7.14. The molecule has 1 aromatic rings. The molecule has 6 nitrogen and oxygen atoms in total. The summed E-state index contributed by atoms with van der Waals surface area (Å²) < 4.78 is 1.98. The van der Waals surface area contributed by atoms with E-state index in [1.807, 2.05) is 4.68 Å². The number of hydrogen-bond acceptors (Lipinski definition) is 4. The number of aromatic nitrogens is 2. The molecule has 0 aliphatic rings. The quantitative estimate of drug-likeness (QED) is 0.502. The number of aryl methyl sites for hydroxylation is 2. The number of rotatable bonds is 10. The molecule has 1 amide bonds. The zero-order chi connectivity index (χ0) is 15.0. The van der Waals surface area contributed by atoms with Crippen LogP contribution in [0.4, 0.5) is 0 Å². The van der Waals surface area contributed by atoms with E-state index < -0.39 is 12.0 Å². The molecular formula is C13H21N3O3S. The highest BCUT2D eigenvalue weighted by Crippen LogP contribution is 2.16. The lowest BCUT2D eigenvalue weighted by Crippen LogP contribution is -2.36. The van der Waals surface area contributed by atoms with E-state index >= 15 is 0 Å². The van der Waals surface area contributed by atoms with E-state index in [2.05, 4.69) is 30.3 Å². The maximum atomic E-state index is 10.9. The highest BCUT2D eigenvalue weighted by Gasteiger charge is 2.15. The molecule has 0 saturated heterocycles. The number of carboxylic acid groups (broad SMARTS) is 1. The maximum Gasteiger partial charge on any atom is 0.326 e. The summed E-state index contributed by atoms with van der Waals surface area (Å²) in [6.45, 7) is 4.96. The first-order valence-electron chi connectivity index (χ1n) is 6.68. The van der Waals surface area contributed by atoms with Gasteiger partial charge in [-0.3, -0.25) is 9.48 Å². The molecule has 1 aromatic heterocycles. The normalized spacial score (nSPS) is 12.1. The van der Waals surface area contributed by atoms with E-state index in [9.17, 15) is 9.59 Å². The number of carbonyl (C=O) groups is 2. The molecule has 1 atom stereocenters. The molecule has 0 aromatic carbocycles.